The Kier molecular flexibility index (Phi) is 3.83. The molecule has 1 aliphatic heterocycles. The van der Waals surface area contributed by atoms with Gasteiger partial charge in [-0.2, -0.15) is 4.98 Å². The van der Waals surface area contributed by atoms with Gasteiger partial charge in [-0.1, -0.05) is 5.21 Å². The third-order valence-corrected chi connectivity index (χ3v) is 3.76. The minimum Gasteiger partial charge on any atom is -0.393 e. The summed E-state index contributed by atoms with van der Waals surface area (Å²) in [5.41, 5.74) is 2.90. The van der Waals surface area contributed by atoms with Gasteiger partial charge in [0.25, 0.3) is 0 Å². The molecule has 0 aliphatic carbocycles. The fourth-order valence-electron chi connectivity index (χ4n) is 2.55. The molecule has 124 valence electrons. The van der Waals surface area contributed by atoms with Crippen molar-refractivity contribution in [3.63, 3.8) is 0 Å². The molecular formula is C12H15FN6O4. The van der Waals surface area contributed by atoms with E-state index in [9.17, 15) is 19.4 Å². The quantitative estimate of drug-likeness (QED) is 0.590. The molecule has 0 amide bonds. The molecule has 2 aromatic rings. The van der Waals surface area contributed by atoms with Crippen molar-refractivity contribution in [1.82, 2.24) is 24.5 Å². The smallest absolute Gasteiger partial charge is 0.351 e. The van der Waals surface area contributed by atoms with Crippen LogP contribution >= 0.6 is 0 Å². The molecule has 0 bridgehead atoms. The first-order valence-corrected chi connectivity index (χ1v) is 6.76. The third-order valence-electron chi connectivity index (χ3n) is 3.76. The van der Waals surface area contributed by atoms with Crippen LogP contribution in [-0.2, 0) is 11.3 Å². The number of ether oxygens (including phenoxy) is 1. The summed E-state index contributed by atoms with van der Waals surface area (Å²) >= 11 is 0. The Bertz CT molecular complexity index is 737. The number of nitrogens with zero attached hydrogens (tertiary/aromatic N) is 5. The Morgan fingerprint density at radius 3 is 2.87 bits per heavy atom. The van der Waals surface area contributed by atoms with Crippen molar-refractivity contribution in [1.29, 1.82) is 0 Å². The number of aliphatic hydroxyl groups excluding tert-OH is 2. The largest absolute Gasteiger partial charge is 0.393 e. The zero-order valence-corrected chi connectivity index (χ0v) is 11.9. The highest BCUT2D eigenvalue weighted by Crippen LogP contribution is 2.39. The van der Waals surface area contributed by atoms with E-state index >= 15 is 0 Å². The first-order chi connectivity index (χ1) is 11.0. The molecule has 3 heterocycles. The predicted molar refractivity (Wildman–Crippen MR) is 73.8 cm³/mol. The summed E-state index contributed by atoms with van der Waals surface area (Å²) in [4.78, 5) is 15.3. The number of halogens is 1. The molecule has 2 aromatic heterocycles. The summed E-state index contributed by atoms with van der Waals surface area (Å²) in [5.74, 6) is -0.0174. The fraction of sp³-hybridized carbons (Fsp3) is 0.500. The van der Waals surface area contributed by atoms with Gasteiger partial charge in [0.2, 0.25) is 0 Å². The maximum absolute atomic E-state index is 14.5. The second kappa shape index (κ2) is 5.68. The Morgan fingerprint density at radius 2 is 2.26 bits per heavy atom. The molecule has 1 aliphatic rings. The molecule has 4 N–H and O–H groups in total. The number of aromatic nitrogens is 5. The van der Waals surface area contributed by atoms with Gasteiger partial charge in [0.15, 0.2) is 12.4 Å². The Morgan fingerprint density at radius 1 is 1.48 bits per heavy atom. The van der Waals surface area contributed by atoms with Gasteiger partial charge in [-0.15, -0.1) is 5.10 Å². The minimum absolute atomic E-state index is 0.0174. The first kappa shape index (κ1) is 15.5. The normalized spacial score (nSPS) is 30.7. The molecule has 3 rings (SSSR count). The topological polar surface area (TPSA) is 141 Å². The molecule has 10 nitrogen and oxygen atoms in total. The van der Waals surface area contributed by atoms with Crippen LogP contribution in [0.3, 0.4) is 0 Å². The number of rotatable bonds is 4. The lowest BCUT2D eigenvalue weighted by atomic mass is 9.96. The maximum atomic E-state index is 14.5. The number of hydrogen-bond donors (Lipinski definition) is 3. The van der Waals surface area contributed by atoms with E-state index in [0.717, 1.165) is 4.57 Å². The Labute approximate surface area is 128 Å². The van der Waals surface area contributed by atoms with Crippen molar-refractivity contribution in [2.24, 2.45) is 0 Å². The zero-order valence-electron chi connectivity index (χ0n) is 11.9. The summed E-state index contributed by atoms with van der Waals surface area (Å²) in [5, 5.41) is 27.1. The van der Waals surface area contributed by atoms with Gasteiger partial charge < -0.3 is 20.7 Å². The van der Waals surface area contributed by atoms with Crippen molar-refractivity contribution >= 4 is 5.82 Å². The fourth-order valence-corrected chi connectivity index (χ4v) is 2.55. The monoisotopic (exact) mass is 326 g/mol. The van der Waals surface area contributed by atoms with Crippen LogP contribution in [0.4, 0.5) is 10.2 Å². The second-order valence-corrected chi connectivity index (χ2v) is 5.26. The first-order valence-electron chi connectivity index (χ1n) is 6.76. The zero-order chi connectivity index (χ0) is 16.6. The van der Waals surface area contributed by atoms with Crippen molar-refractivity contribution in [2.75, 3.05) is 12.3 Å². The van der Waals surface area contributed by atoms with E-state index in [1.54, 1.807) is 0 Å². The Hall–Kier alpha value is -2.37. The van der Waals surface area contributed by atoms with Gasteiger partial charge in [-0.3, -0.25) is 4.57 Å². The van der Waals surface area contributed by atoms with Crippen LogP contribution in [0.5, 0.6) is 0 Å². The van der Waals surface area contributed by atoms with Crippen LogP contribution in [0.15, 0.2) is 29.5 Å². The number of nitrogen functional groups attached to an aromatic ring is 1. The van der Waals surface area contributed by atoms with E-state index in [0.29, 0.717) is 0 Å². The van der Waals surface area contributed by atoms with E-state index in [1.807, 2.05) is 0 Å². The molecule has 0 radical (unpaired) electrons. The van der Waals surface area contributed by atoms with Crippen LogP contribution in [0.1, 0.15) is 6.23 Å². The van der Waals surface area contributed by atoms with E-state index in [2.05, 4.69) is 15.3 Å². The molecule has 1 fully saturated rings. The van der Waals surface area contributed by atoms with Gasteiger partial charge in [0.05, 0.1) is 19.3 Å². The van der Waals surface area contributed by atoms with Crippen molar-refractivity contribution in [3.05, 3.63) is 35.1 Å². The lowest BCUT2D eigenvalue weighted by Gasteiger charge is -2.29. The summed E-state index contributed by atoms with van der Waals surface area (Å²) < 4.78 is 22.2. The van der Waals surface area contributed by atoms with E-state index in [4.69, 9.17) is 10.5 Å². The van der Waals surface area contributed by atoms with Crippen LogP contribution in [0.25, 0.3) is 0 Å². The molecule has 23 heavy (non-hydrogen) atoms. The number of hydrogen-bond acceptors (Lipinski definition) is 8. The molecule has 11 heteroatoms. The highest BCUT2D eigenvalue weighted by atomic mass is 19.1. The van der Waals surface area contributed by atoms with Gasteiger partial charge in [0, 0.05) is 12.4 Å². The summed E-state index contributed by atoms with van der Waals surface area (Å²) in [6.07, 6.45) is -0.977. The van der Waals surface area contributed by atoms with Crippen LogP contribution in [0.2, 0.25) is 0 Å². The predicted octanol–water partition coefficient (Wildman–Crippen LogP) is -1.92. The van der Waals surface area contributed by atoms with E-state index in [-0.39, 0.29) is 12.4 Å². The van der Waals surface area contributed by atoms with Crippen molar-refractivity contribution in [2.45, 2.75) is 30.6 Å². The highest BCUT2D eigenvalue weighted by molar-refractivity contribution is 5.23. The van der Waals surface area contributed by atoms with Gasteiger partial charge in [0.1, 0.15) is 17.5 Å². The van der Waals surface area contributed by atoms with Gasteiger partial charge >= 0.3 is 5.69 Å². The maximum Gasteiger partial charge on any atom is 0.351 e. The number of aliphatic hydroxyl groups is 2. The molecule has 4 atom stereocenters. The van der Waals surface area contributed by atoms with Crippen molar-refractivity contribution in [3.8, 4) is 0 Å². The summed E-state index contributed by atoms with van der Waals surface area (Å²) in [7, 11) is 0. The van der Waals surface area contributed by atoms with E-state index in [1.165, 1.54) is 29.3 Å². The molecule has 0 unspecified atom stereocenters. The number of nitrogens with two attached hydrogens (primary N) is 1. The highest BCUT2D eigenvalue weighted by Gasteiger charge is 2.56. The summed E-state index contributed by atoms with van der Waals surface area (Å²) in [6, 6.07) is 1.31. The lowest BCUT2D eigenvalue weighted by molar-refractivity contribution is -0.138. The molecule has 0 aromatic carbocycles. The molecule has 1 saturated heterocycles. The summed E-state index contributed by atoms with van der Waals surface area (Å²) in [6.45, 7) is -0.819. The average molecular weight is 326 g/mol. The number of anilines is 1. The minimum atomic E-state index is -1.95. The Balaban J connectivity index is 1.94. The lowest BCUT2D eigenvalue weighted by Crippen LogP contribution is -2.49. The molecule has 0 saturated carbocycles. The molecular weight excluding hydrogens is 311 g/mol. The SMILES string of the molecule is Nc1ccn([C@@H]2O[C@@](CO)(Cn3ccnn3)[C@@H](O)[C@H]2F)c(=O)n1. The van der Waals surface area contributed by atoms with Gasteiger partial charge in [-0.05, 0) is 6.07 Å². The third kappa shape index (κ3) is 2.58. The van der Waals surface area contributed by atoms with Crippen molar-refractivity contribution < 1.29 is 19.3 Å². The van der Waals surface area contributed by atoms with Crippen LogP contribution in [-0.4, -0.2) is 59.2 Å². The van der Waals surface area contributed by atoms with Gasteiger partial charge in [-0.25, -0.2) is 13.9 Å². The average Bonchev–Trinajstić information content (AvgIpc) is 3.11. The number of alkyl halides is 1. The molecule has 0 spiro atoms. The van der Waals surface area contributed by atoms with E-state index < -0.39 is 36.4 Å². The van der Waals surface area contributed by atoms with Crippen LogP contribution in [0, 0.1) is 0 Å². The second-order valence-electron chi connectivity index (χ2n) is 5.26. The van der Waals surface area contributed by atoms with Crippen LogP contribution < -0.4 is 11.4 Å². The standard InChI is InChI=1S/C12H15FN6O4/c13-8-9(21)12(6-20,5-18-4-2-15-17-18)23-10(8)19-3-1-7(14)16-11(19)22/h1-4,8-10,20-21H,5-6H2,(H2,14,16,22)/t8-,9+,10-,12-/m1/s1.